The Hall–Kier alpha value is -3.85. The van der Waals surface area contributed by atoms with Crippen molar-refractivity contribution in [3.05, 3.63) is 83.2 Å². The lowest BCUT2D eigenvalue weighted by Crippen LogP contribution is -2.12. The Balaban J connectivity index is 1.71. The molecule has 0 heterocycles. The lowest BCUT2D eigenvalue weighted by Gasteiger charge is -2.11. The fourth-order valence-corrected chi connectivity index (χ4v) is 2.49. The first-order chi connectivity index (χ1) is 13.5. The number of carbonyl (C=O) groups is 1. The molecule has 0 aliphatic rings. The topological polar surface area (TPSA) is 71.3 Å². The van der Waals surface area contributed by atoms with Gasteiger partial charge in [0, 0.05) is 17.3 Å². The predicted molar refractivity (Wildman–Crippen MR) is 103 cm³/mol. The molecule has 3 rings (SSSR count). The van der Waals surface area contributed by atoms with Crippen LogP contribution < -0.4 is 14.8 Å². The van der Waals surface area contributed by atoms with Crippen molar-refractivity contribution in [2.24, 2.45) is 0 Å². The van der Waals surface area contributed by atoms with Gasteiger partial charge >= 0.3 is 0 Å². The summed E-state index contributed by atoms with van der Waals surface area (Å²) in [7, 11) is 1.50. The lowest BCUT2D eigenvalue weighted by atomic mass is 10.1. The summed E-state index contributed by atoms with van der Waals surface area (Å²) in [5, 5.41) is 11.7. The van der Waals surface area contributed by atoms with Crippen molar-refractivity contribution >= 4 is 11.6 Å². The molecule has 0 spiro atoms. The van der Waals surface area contributed by atoms with E-state index in [0.29, 0.717) is 34.1 Å². The number of hydrogen-bond acceptors (Lipinski definition) is 4. The number of anilines is 1. The molecule has 1 N–H and O–H groups in total. The minimum Gasteiger partial charge on any atom is -0.493 e. The Morgan fingerprint density at radius 2 is 1.79 bits per heavy atom. The normalized spacial score (nSPS) is 10.1. The molecule has 0 saturated heterocycles. The zero-order chi connectivity index (χ0) is 20.1. The van der Waals surface area contributed by atoms with E-state index in [9.17, 15) is 9.18 Å². The lowest BCUT2D eigenvalue weighted by molar-refractivity contribution is 0.102. The van der Waals surface area contributed by atoms with Gasteiger partial charge in [0.2, 0.25) is 0 Å². The summed E-state index contributed by atoms with van der Waals surface area (Å²) in [6, 6.07) is 18.0. The third-order valence-corrected chi connectivity index (χ3v) is 4.07. The van der Waals surface area contributed by atoms with E-state index in [4.69, 9.17) is 14.7 Å². The van der Waals surface area contributed by atoms with Gasteiger partial charge in [-0.3, -0.25) is 4.79 Å². The first-order valence-electron chi connectivity index (χ1n) is 8.43. The molecule has 0 unspecified atom stereocenters. The second kappa shape index (κ2) is 8.23. The summed E-state index contributed by atoms with van der Waals surface area (Å²) < 4.78 is 24.6. The fourth-order valence-electron chi connectivity index (χ4n) is 2.49. The number of benzene rings is 3. The van der Waals surface area contributed by atoms with Crippen molar-refractivity contribution < 1.29 is 18.7 Å². The number of carbonyl (C=O) groups excluding carboxylic acids is 1. The van der Waals surface area contributed by atoms with Crippen LogP contribution in [0.2, 0.25) is 0 Å². The van der Waals surface area contributed by atoms with Gasteiger partial charge in [-0.1, -0.05) is 6.07 Å². The molecule has 0 atom stereocenters. The average molecular weight is 376 g/mol. The quantitative estimate of drug-likeness (QED) is 0.676. The molecule has 0 aromatic heterocycles. The van der Waals surface area contributed by atoms with Gasteiger partial charge in [-0.2, -0.15) is 5.26 Å². The van der Waals surface area contributed by atoms with Gasteiger partial charge in [0.1, 0.15) is 11.6 Å². The number of nitriles is 1. The molecular formula is C22H17FN2O3. The van der Waals surface area contributed by atoms with Crippen molar-refractivity contribution in [3.8, 4) is 23.3 Å². The summed E-state index contributed by atoms with van der Waals surface area (Å²) in [6.45, 7) is 1.64. The molecule has 28 heavy (non-hydrogen) atoms. The van der Waals surface area contributed by atoms with Gasteiger partial charge < -0.3 is 14.8 Å². The summed E-state index contributed by atoms with van der Waals surface area (Å²) in [5.41, 5.74) is 1.74. The van der Waals surface area contributed by atoms with Gasteiger partial charge in [0.05, 0.1) is 18.7 Å². The van der Waals surface area contributed by atoms with E-state index in [1.807, 2.05) is 6.07 Å². The number of methoxy groups -OCH3 is 1. The van der Waals surface area contributed by atoms with Crippen LogP contribution in [0.3, 0.4) is 0 Å². The van der Waals surface area contributed by atoms with Crippen LogP contribution in [0.1, 0.15) is 21.5 Å². The van der Waals surface area contributed by atoms with E-state index >= 15 is 0 Å². The fraction of sp³-hybridized carbons (Fsp3) is 0.0909. The number of halogens is 1. The van der Waals surface area contributed by atoms with E-state index in [1.54, 1.807) is 61.5 Å². The zero-order valence-electron chi connectivity index (χ0n) is 15.3. The zero-order valence-corrected chi connectivity index (χ0v) is 15.3. The van der Waals surface area contributed by atoms with Gasteiger partial charge in [-0.25, -0.2) is 4.39 Å². The van der Waals surface area contributed by atoms with Gasteiger partial charge in [-0.05, 0) is 61.0 Å². The smallest absolute Gasteiger partial charge is 0.255 e. The van der Waals surface area contributed by atoms with Gasteiger partial charge in [0.15, 0.2) is 11.5 Å². The predicted octanol–water partition coefficient (Wildman–Crippen LogP) is 5.06. The third-order valence-electron chi connectivity index (χ3n) is 4.07. The molecule has 3 aromatic rings. The Morgan fingerprint density at radius 1 is 1.04 bits per heavy atom. The molecule has 0 fully saturated rings. The van der Waals surface area contributed by atoms with E-state index in [-0.39, 0.29) is 5.56 Å². The Labute approximate surface area is 162 Å². The SMILES string of the molecule is COc1cc(C#N)ccc1Oc1ccc(NC(=O)c2ccc(C)c(F)c2)cc1. The Morgan fingerprint density at radius 3 is 2.43 bits per heavy atom. The van der Waals surface area contributed by atoms with Crippen LogP contribution in [0.4, 0.5) is 10.1 Å². The largest absolute Gasteiger partial charge is 0.493 e. The monoisotopic (exact) mass is 376 g/mol. The third kappa shape index (κ3) is 4.27. The molecule has 140 valence electrons. The minimum atomic E-state index is -0.423. The van der Waals surface area contributed by atoms with Crippen molar-refractivity contribution in [1.82, 2.24) is 0 Å². The number of amides is 1. The maximum atomic E-state index is 13.6. The molecule has 0 saturated carbocycles. The number of nitrogens with one attached hydrogen (secondary N) is 1. The van der Waals surface area contributed by atoms with E-state index in [2.05, 4.69) is 5.32 Å². The summed E-state index contributed by atoms with van der Waals surface area (Å²) >= 11 is 0. The van der Waals surface area contributed by atoms with Crippen LogP contribution in [-0.2, 0) is 0 Å². The highest BCUT2D eigenvalue weighted by Crippen LogP contribution is 2.32. The molecular weight excluding hydrogens is 359 g/mol. The summed E-state index contributed by atoms with van der Waals surface area (Å²) in [6.07, 6.45) is 0. The highest BCUT2D eigenvalue weighted by molar-refractivity contribution is 6.04. The first kappa shape index (κ1) is 18.9. The van der Waals surface area contributed by atoms with Crippen LogP contribution in [0, 0.1) is 24.1 Å². The number of aryl methyl sites for hydroxylation is 1. The van der Waals surface area contributed by atoms with Crippen molar-refractivity contribution in [1.29, 1.82) is 5.26 Å². The summed E-state index contributed by atoms with van der Waals surface area (Å²) in [4.78, 5) is 12.2. The van der Waals surface area contributed by atoms with E-state index in [1.165, 1.54) is 13.2 Å². The molecule has 3 aromatic carbocycles. The Kier molecular flexibility index (Phi) is 5.56. The first-order valence-corrected chi connectivity index (χ1v) is 8.43. The van der Waals surface area contributed by atoms with Crippen LogP contribution >= 0.6 is 0 Å². The molecule has 0 radical (unpaired) electrons. The summed E-state index contributed by atoms with van der Waals surface area (Å²) in [5.74, 6) is 0.614. The van der Waals surface area contributed by atoms with Crippen molar-refractivity contribution in [2.75, 3.05) is 12.4 Å². The van der Waals surface area contributed by atoms with Crippen molar-refractivity contribution in [3.63, 3.8) is 0 Å². The molecule has 0 aliphatic heterocycles. The Bertz CT molecular complexity index is 1060. The van der Waals surface area contributed by atoms with E-state index in [0.717, 1.165) is 0 Å². The molecule has 0 aliphatic carbocycles. The molecule has 5 nitrogen and oxygen atoms in total. The molecule has 1 amide bonds. The maximum absolute atomic E-state index is 13.6. The number of ether oxygens (including phenoxy) is 2. The van der Waals surface area contributed by atoms with Crippen LogP contribution in [0.5, 0.6) is 17.2 Å². The minimum absolute atomic E-state index is 0.241. The molecule has 6 heteroatoms. The highest BCUT2D eigenvalue weighted by Gasteiger charge is 2.10. The van der Waals surface area contributed by atoms with Crippen LogP contribution in [0.25, 0.3) is 0 Å². The number of nitrogens with zero attached hydrogens (tertiary/aromatic N) is 1. The van der Waals surface area contributed by atoms with Gasteiger partial charge in [0.25, 0.3) is 5.91 Å². The second-order valence-corrected chi connectivity index (χ2v) is 6.02. The molecule has 0 bridgehead atoms. The van der Waals surface area contributed by atoms with Crippen LogP contribution in [0.15, 0.2) is 60.7 Å². The average Bonchev–Trinajstić information content (AvgIpc) is 2.71. The number of hydrogen-bond donors (Lipinski definition) is 1. The number of rotatable bonds is 5. The standard InChI is InChI=1S/C22H17FN2O3/c1-14-3-5-16(12-19(14)23)22(26)25-17-6-8-18(9-7-17)28-20-10-4-15(13-24)11-21(20)27-2/h3-12H,1-2H3,(H,25,26). The maximum Gasteiger partial charge on any atom is 0.255 e. The highest BCUT2D eigenvalue weighted by atomic mass is 19.1. The van der Waals surface area contributed by atoms with Crippen molar-refractivity contribution in [2.45, 2.75) is 6.92 Å². The van der Waals surface area contributed by atoms with Gasteiger partial charge in [-0.15, -0.1) is 0 Å². The van der Waals surface area contributed by atoms with Crippen LogP contribution in [-0.4, -0.2) is 13.0 Å². The van der Waals surface area contributed by atoms with E-state index < -0.39 is 11.7 Å². The second-order valence-electron chi connectivity index (χ2n) is 6.02.